The number of hydrogen-bond acceptors (Lipinski definition) is 5. The van der Waals surface area contributed by atoms with Crippen molar-refractivity contribution >= 4 is 46.4 Å². The number of methoxy groups -OCH3 is 3. The van der Waals surface area contributed by atoms with Crippen molar-refractivity contribution in [2.45, 2.75) is 0 Å². The summed E-state index contributed by atoms with van der Waals surface area (Å²) in [6.45, 7) is 0. The first-order valence-corrected chi connectivity index (χ1v) is 8.03. The first-order valence-electron chi connectivity index (χ1n) is 7.27. The third kappa shape index (κ3) is 4.30. The maximum Gasteiger partial charge on any atom is 0.314 e. The monoisotopic (exact) mass is 398 g/mol. The average Bonchev–Trinajstić information content (AvgIpc) is 2.64. The molecule has 0 spiro atoms. The smallest absolute Gasteiger partial charge is 0.314 e. The Kier molecular flexibility index (Phi) is 6.54. The van der Waals surface area contributed by atoms with Crippen LogP contribution in [0, 0.1) is 0 Å². The van der Waals surface area contributed by atoms with Gasteiger partial charge in [0.1, 0.15) is 0 Å². The number of hydrogen-bond donors (Lipinski definition) is 2. The average molecular weight is 399 g/mol. The number of rotatable bonds is 5. The molecule has 2 aromatic rings. The largest absolute Gasteiger partial charge is 0.493 e. The quantitative estimate of drug-likeness (QED) is 0.751. The van der Waals surface area contributed by atoms with Crippen LogP contribution in [0.2, 0.25) is 10.0 Å². The lowest BCUT2D eigenvalue weighted by atomic mass is 10.2. The zero-order valence-corrected chi connectivity index (χ0v) is 15.7. The fraction of sp³-hybridized carbons (Fsp3) is 0.176. The lowest BCUT2D eigenvalue weighted by molar-refractivity contribution is -0.132. The Hall–Kier alpha value is -2.64. The summed E-state index contributed by atoms with van der Waals surface area (Å²) < 4.78 is 15.6. The highest BCUT2D eigenvalue weighted by Gasteiger charge is 2.19. The highest BCUT2D eigenvalue weighted by Crippen LogP contribution is 2.40. The minimum atomic E-state index is -0.914. The molecule has 2 rings (SSSR count). The molecule has 2 amide bonds. The van der Waals surface area contributed by atoms with Crippen LogP contribution in [0.3, 0.4) is 0 Å². The second-order valence-electron chi connectivity index (χ2n) is 4.92. The predicted octanol–water partition coefficient (Wildman–Crippen LogP) is 3.60. The van der Waals surface area contributed by atoms with Gasteiger partial charge in [0, 0.05) is 17.8 Å². The summed E-state index contributed by atoms with van der Waals surface area (Å²) in [5.74, 6) is -0.790. The van der Waals surface area contributed by atoms with E-state index in [2.05, 4.69) is 10.6 Å². The Morgan fingerprint density at radius 2 is 1.46 bits per heavy atom. The van der Waals surface area contributed by atoms with Crippen LogP contribution < -0.4 is 24.8 Å². The predicted molar refractivity (Wildman–Crippen MR) is 99.8 cm³/mol. The van der Waals surface area contributed by atoms with Gasteiger partial charge >= 0.3 is 11.8 Å². The zero-order valence-electron chi connectivity index (χ0n) is 14.2. The molecule has 0 aromatic heterocycles. The molecule has 0 aliphatic heterocycles. The molecule has 2 aromatic carbocycles. The Morgan fingerprint density at radius 1 is 0.885 bits per heavy atom. The van der Waals surface area contributed by atoms with E-state index in [-0.39, 0.29) is 21.4 Å². The SMILES string of the molecule is COc1cc(NC(=O)C(=O)Nc2cccc(Cl)c2Cl)cc(OC)c1OC. The van der Waals surface area contributed by atoms with Crippen molar-refractivity contribution in [3.05, 3.63) is 40.4 Å². The maximum atomic E-state index is 12.2. The third-order valence-corrected chi connectivity index (χ3v) is 4.15. The molecule has 2 N–H and O–H groups in total. The molecule has 26 heavy (non-hydrogen) atoms. The highest BCUT2D eigenvalue weighted by atomic mass is 35.5. The Labute approximate surface area is 160 Å². The van der Waals surface area contributed by atoms with Gasteiger partial charge in [0.05, 0.1) is 37.1 Å². The van der Waals surface area contributed by atoms with Crippen molar-refractivity contribution in [1.29, 1.82) is 0 Å². The summed E-state index contributed by atoms with van der Waals surface area (Å²) in [6, 6.07) is 7.69. The number of anilines is 2. The molecule has 0 aliphatic rings. The molecule has 0 fully saturated rings. The van der Waals surface area contributed by atoms with Crippen LogP contribution in [-0.4, -0.2) is 33.1 Å². The molecule has 0 radical (unpaired) electrons. The first kappa shape index (κ1) is 19.7. The number of carbonyl (C=O) groups excluding carboxylic acids is 2. The summed E-state index contributed by atoms with van der Waals surface area (Å²) in [5, 5.41) is 5.25. The second kappa shape index (κ2) is 8.64. The van der Waals surface area contributed by atoms with Gasteiger partial charge < -0.3 is 24.8 Å². The van der Waals surface area contributed by atoms with Gasteiger partial charge in [-0.1, -0.05) is 29.3 Å². The van der Waals surface area contributed by atoms with Crippen molar-refractivity contribution < 1.29 is 23.8 Å². The van der Waals surface area contributed by atoms with E-state index >= 15 is 0 Å². The topological polar surface area (TPSA) is 85.9 Å². The molecule has 0 heterocycles. The van der Waals surface area contributed by atoms with E-state index in [1.807, 2.05) is 0 Å². The van der Waals surface area contributed by atoms with Gasteiger partial charge in [-0.05, 0) is 12.1 Å². The van der Waals surface area contributed by atoms with Gasteiger partial charge in [-0.2, -0.15) is 0 Å². The van der Waals surface area contributed by atoms with E-state index in [1.54, 1.807) is 12.1 Å². The third-order valence-electron chi connectivity index (χ3n) is 3.33. The lowest BCUT2D eigenvalue weighted by Gasteiger charge is -2.14. The lowest BCUT2D eigenvalue weighted by Crippen LogP contribution is -2.29. The number of ether oxygens (including phenoxy) is 3. The minimum Gasteiger partial charge on any atom is -0.493 e. The van der Waals surface area contributed by atoms with Gasteiger partial charge in [-0.25, -0.2) is 0 Å². The van der Waals surface area contributed by atoms with Gasteiger partial charge in [-0.3, -0.25) is 9.59 Å². The van der Waals surface area contributed by atoms with Crippen LogP contribution in [0.1, 0.15) is 0 Å². The van der Waals surface area contributed by atoms with Crippen molar-refractivity contribution in [1.82, 2.24) is 0 Å². The van der Waals surface area contributed by atoms with E-state index in [0.29, 0.717) is 17.2 Å². The summed E-state index contributed by atoms with van der Waals surface area (Å²) in [7, 11) is 4.34. The molecule has 0 bridgehead atoms. The van der Waals surface area contributed by atoms with Crippen LogP contribution in [0.25, 0.3) is 0 Å². The number of carbonyl (C=O) groups is 2. The van der Waals surface area contributed by atoms with Gasteiger partial charge in [-0.15, -0.1) is 0 Å². The molecule has 7 nitrogen and oxygen atoms in total. The molecule has 138 valence electrons. The summed E-state index contributed by atoms with van der Waals surface area (Å²) in [4.78, 5) is 24.3. The van der Waals surface area contributed by atoms with Gasteiger partial charge in [0.25, 0.3) is 0 Å². The van der Waals surface area contributed by atoms with Crippen molar-refractivity contribution in [3.8, 4) is 17.2 Å². The molecule has 9 heteroatoms. The van der Waals surface area contributed by atoms with E-state index in [9.17, 15) is 9.59 Å². The van der Waals surface area contributed by atoms with Gasteiger partial charge in [0.2, 0.25) is 5.75 Å². The van der Waals surface area contributed by atoms with Crippen LogP contribution in [-0.2, 0) is 9.59 Å². The van der Waals surface area contributed by atoms with E-state index in [4.69, 9.17) is 37.4 Å². The molecule has 0 aliphatic carbocycles. The number of amides is 2. The Morgan fingerprint density at radius 3 is 2.00 bits per heavy atom. The molecular formula is C17H16Cl2N2O5. The fourth-order valence-corrected chi connectivity index (χ4v) is 2.47. The van der Waals surface area contributed by atoms with Gasteiger partial charge in [0.15, 0.2) is 11.5 Å². The number of halogens is 2. The van der Waals surface area contributed by atoms with E-state index in [1.165, 1.54) is 39.5 Å². The molecule has 0 unspecified atom stereocenters. The first-order chi connectivity index (χ1) is 12.4. The maximum absolute atomic E-state index is 12.2. The molecule has 0 atom stereocenters. The van der Waals surface area contributed by atoms with Crippen LogP contribution in [0.5, 0.6) is 17.2 Å². The number of benzene rings is 2. The van der Waals surface area contributed by atoms with Crippen LogP contribution in [0.15, 0.2) is 30.3 Å². The Balaban J connectivity index is 2.18. The molecule has 0 saturated carbocycles. The van der Waals surface area contributed by atoms with Crippen LogP contribution >= 0.6 is 23.2 Å². The van der Waals surface area contributed by atoms with Crippen molar-refractivity contribution in [2.75, 3.05) is 32.0 Å². The van der Waals surface area contributed by atoms with Crippen LogP contribution in [0.4, 0.5) is 11.4 Å². The fourth-order valence-electron chi connectivity index (χ4n) is 2.12. The molecule has 0 saturated heterocycles. The number of nitrogens with one attached hydrogen (secondary N) is 2. The van der Waals surface area contributed by atoms with E-state index in [0.717, 1.165) is 0 Å². The van der Waals surface area contributed by atoms with E-state index < -0.39 is 11.8 Å². The minimum absolute atomic E-state index is 0.142. The normalized spacial score (nSPS) is 10.0. The highest BCUT2D eigenvalue weighted by molar-refractivity contribution is 6.47. The summed E-state index contributed by atoms with van der Waals surface area (Å²) in [6.07, 6.45) is 0. The van der Waals surface area contributed by atoms with Crippen molar-refractivity contribution in [2.24, 2.45) is 0 Å². The standard InChI is InChI=1S/C17H16Cl2N2O5/c1-24-12-7-9(8-13(25-2)15(12)26-3)20-16(22)17(23)21-11-6-4-5-10(18)14(11)19/h4-8H,1-3H3,(H,20,22)(H,21,23). The summed E-state index contributed by atoms with van der Waals surface area (Å²) in [5.41, 5.74) is 0.515. The molecular weight excluding hydrogens is 383 g/mol. The van der Waals surface area contributed by atoms with Crippen molar-refractivity contribution in [3.63, 3.8) is 0 Å². The second-order valence-corrected chi connectivity index (χ2v) is 5.71. The summed E-state index contributed by atoms with van der Waals surface area (Å²) >= 11 is 11.9. The zero-order chi connectivity index (χ0) is 19.3. The Bertz CT molecular complexity index is 817.